The van der Waals surface area contributed by atoms with Gasteiger partial charge in [-0.25, -0.2) is 4.98 Å². The summed E-state index contributed by atoms with van der Waals surface area (Å²) in [7, 11) is 0. The minimum absolute atomic E-state index is 0.0207. The second-order valence-electron chi connectivity index (χ2n) is 5.85. The third kappa shape index (κ3) is 4.93. The average Bonchev–Trinajstić information content (AvgIpc) is 2.98. The topological polar surface area (TPSA) is 51.2 Å². The first-order chi connectivity index (χ1) is 11.6. The van der Waals surface area contributed by atoms with E-state index < -0.39 is 0 Å². The molecule has 1 aliphatic rings. The van der Waals surface area contributed by atoms with Crippen molar-refractivity contribution in [1.82, 2.24) is 4.98 Å². The average molecular weight is 385 g/mol. The Hall–Kier alpha value is -1.14. The standard InChI is InChI=1S/C17H18Cl2N2O2S/c18-13-2-1-12(15(19)9-13)8-14-10-20-17(24-14)21-16(22)7-11-3-5-23-6-4-11/h1-2,9-11H,3-8H2,(H,20,21,22). The number of carbonyl (C=O) groups is 1. The molecule has 1 N–H and O–H groups in total. The van der Waals surface area contributed by atoms with E-state index in [1.165, 1.54) is 11.3 Å². The highest BCUT2D eigenvalue weighted by molar-refractivity contribution is 7.15. The summed E-state index contributed by atoms with van der Waals surface area (Å²) >= 11 is 13.6. The highest BCUT2D eigenvalue weighted by Crippen LogP contribution is 2.27. The summed E-state index contributed by atoms with van der Waals surface area (Å²) in [6.07, 6.45) is 4.88. The Morgan fingerprint density at radius 1 is 1.33 bits per heavy atom. The maximum Gasteiger partial charge on any atom is 0.226 e. The summed E-state index contributed by atoms with van der Waals surface area (Å²) in [6, 6.07) is 5.46. The van der Waals surface area contributed by atoms with Crippen molar-refractivity contribution in [2.75, 3.05) is 18.5 Å². The van der Waals surface area contributed by atoms with E-state index >= 15 is 0 Å². The Kier molecular flexibility index (Phi) is 6.11. The van der Waals surface area contributed by atoms with Crippen molar-refractivity contribution in [2.45, 2.75) is 25.7 Å². The van der Waals surface area contributed by atoms with Crippen LogP contribution in [0.4, 0.5) is 5.13 Å². The van der Waals surface area contributed by atoms with Gasteiger partial charge in [-0.05, 0) is 36.5 Å². The number of ether oxygens (including phenoxy) is 1. The fourth-order valence-electron chi connectivity index (χ4n) is 2.68. The van der Waals surface area contributed by atoms with Crippen molar-refractivity contribution in [2.24, 2.45) is 5.92 Å². The number of aromatic nitrogens is 1. The highest BCUT2D eigenvalue weighted by atomic mass is 35.5. The van der Waals surface area contributed by atoms with Crippen LogP contribution in [-0.2, 0) is 16.0 Å². The minimum atomic E-state index is 0.0207. The highest BCUT2D eigenvalue weighted by Gasteiger charge is 2.18. The van der Waals surface area contributed by atoms with Crippen LogP contribution in [0.1, 0.15) is 29.7 Å². The molecule has 3 rings (SSSR count). The molecule has 0 radical (unpaired) electrons. The zero-order valence-corrected chi connectivity index (χ0v) is 15.4. The monoisotopic (exact) mass is 384 g/mol. The van der Waals surface area contributed by atoms with E-state index in [0.717, 1.165) is 36.5 Å². The number of nitrogens with one attached hydrogen (secondary N) is 1. The molecule has 0 saturated carbocycles. The van der Waals surface area contributed by atoms with Crippen molar-refractivity contribution >= 4 is 45.6 Å². The van der Waals surface area contributed by atoms with E-state index in [1.54, 1.807) is 12.3 Å². The van der Waals surface area contributed by atoms with E-state index in [9.17, 15) is 4.79 Å². The van der Waals surface area contributed by atoms with Gasteiger partial charge in [-0.3, -0.25) is 4.79 Å². The molecule has 2 heterocycles. The van der Waals surface area contributed by atoms with Crippen LogP contribution in [0.3, 0.4) is 0 Å². The summed E-state index contributed by atoms with van der Waals surface area (Å²) in [5.41, 5.74) is 0.991. The lowest BCUT2D eigenvalue weighted by molar-refractivity contribution is -0.117. The van der Waals surface area contributed by atoms with Crippen LogP contribution in [0, 0.1) is 5.92 Å². The summed E-state index contributed by atoms with van der Waals surface area (Å²) < 4.78 is 5.32. The summed E-state index contributed by atoms with van der Waals surface area (Å²) in [5, 5.41) is 4.78. The molecule has 1 aromatic heterocycles. The van der Waals surface area contributed by atoms with Crippen molar-refractivity contribution in [3.8, 4) is 0 Å². The molecule has 1 amide bonds. The number of hydrogen-bond acceptors (Lipinski definition) is 4. The number of benzene rings is 1. The van der Waals surface area contributed by atoms with E-state index in [4.69, 9.17) is 27.9 Å². The van der Waals surface area contributed by atoms with Crippen LogP contribution in [-0.4, -0.2) is 24.1 Å². The lowest BCUT2D eigenvalue weighted by Crippen LogP contribution is -2.22. The lowest BCUT2D eigenvalue weighted by Gasteiger charge is -2.20. The number of thiazole rings is 1. The first-order valence-electron chi connectivity index (χ1n) is 7.86. The van der Waals surface area contributed by atoms with Gasteiger partial charge >= 0.3 is 0 Å². The molecule has 0 spiro atoms. The van der Waals surface area contributed by atoms with Gasteiger partial charge in [-0.1, -0.05) is 29.3 Å². The fraction of sp³-hybridized carbons (Fsp3) is 0.412. The van der Waals surface area contributed by atoms with Gasteiger partial charge in [0, 0.05) is 47.2 Å². The van der Waals surface area contributed by atoms with Gasteiger partial charge in [0.15, 0.2) is 5.13 Å². The molecule has 2 aromatic rings. The van der Waals surface area contributed by atoms with Crippen LogP contribution in [0.25, 0.3) is 0 Å². The summed E-state index contributed by atoms with van der Waals surface area (Å²) in [5.74, 6) is 0.429. The van der Waals surface area contributed by atoms with Crippen LogP contribution in [0.5, 0.6) is 0 Å². The predicted octanol–water partition coefficient (Wildman–Crippen LogP) is 4.80. The van der Waals surface area contributed by atoms with E-state index in [0.29, 0.717) is 33.9 Å². The molecule has 4 nitrogen and oxygen atoms in total. The van der Waals surface area contributed by atoms with Gasteiger partial charge in [-0.15, -0.1) is 11.3 Å². The molecule has 0 aliphatic carbocycles. The molecule has 1 saturated heterocycles. The van der Waals surface area contributed by atoms with Crippen molar-refractivity contribution in [3.63, 3.8) is 0 Å². The van der Waals surface area contributed by atoms with Crippen LogP contribution < -0.4 is 5.32 Å². The largest absolute Gasteiger partial charge is 0.381 e. The normalized spacial score (nSPS) is 15.4. The first-order valence-corrected chi connectivity index (χ1v) is 9.43. The molecule has 1 fully saturated rings. The van der Waals surface area contributed by atoms with Crippen LogP contribution >= 0.6 is 34.5 Å². The van der Waals surface area contributed by atoms with Gasteiger partial charge in [0.1, 0.15) is 0 Å². The fourth-order valence-corrected chi connectivity index (χ4v) is 4.01. The second-order valence-corrected chi connectivity index (χ2v) is 7.81. The zero-order chi connectivity index (χ0) is 16.9. The third-order valence-corrected chi connectivity index (χ3v) is 5.49. The van der Waals surface area contributed by atoms with E-state index in [-0.39, 0.29) is 5.91 Å². The smallest absolute Gasteiger partial charge is 0.226 e. The quantitative estimate of drug-likeness (QED) is 0.805. The molecular formula is C17H18Cl2N2O2S. The van der Waals surface area contributed by atoms with Gasteiger partial charge in [0.2, 0.25) is 5.91 Å². The molecule has 0 atom stereocenters. The Bertz CT molecular complexity index is 714. The van der Waals surface area contributed by atoms with Crippen LogP contribution in [0.15, 0.2) is 24.4 Å². The second kappa shape index (κ2) is 8.30. The maximum atomic E-state index is 12.1. The number of halogens is 2. The van der Waals surface area contributed by atoms with Crippen LogP contribution in [0.2, 0.25) is 10.0 Å². The van der Waals surface area contributed by atoms with Gasteiger partial charge in [-0.2, -0.15) is 0 Å². The van der Waals surface area contributed by atoms with Crippen molar-refractivity contribution in [3.05, 3.63) is 44.9 Å². The molecule has 0 unspecified atom stereocenters. The van der Waals surface area contributed by atoms with Crippen molar-refractivity contribution in [1.29, 1.82) is 0 Å². The number of amides is 1. The summed E-state index contributed by atoms with van der Waals surface area (Å²) in [6.45, 7) is 1.50. The van der Waals surface area contributed by atoms with Gasteiger partial charge < -0.3 is 10.1 Å². The number of anilines is 1. The molecule has 7 heteroatoms. The summed E-state index contributed by atoms with van der Waals surface area (Å²) in [4.78, 5) is 17.4. The predicted molar refractivity (Wildman–Crippen MR) is 98.2 cm³/mol. The Morgan fingerprint density at radius 2 is 2.12 bits per heavy atom. The number of carbonyl (C=O) groups excluding carboxylic acids is 1. The zero-order valence-electron chi connectivity index (χ0n) is 13.1. The SMILES string of the molecule is O=C(CC1CCOCC1)Nc1ncc(Cc2ccc(Cl)cc2Cl)s1. The minimum Gasteiger partial charge on any atom is -0.381 e. The molecule has 1 aromatic carbocycles. The number of rotatable bonds is 5. The Labute approximate surface area is 155 Å². The molecule has 0 bridgehead atoms. The van der Waals surface area contributed by atoms with E-state index in [1.807, 2.05) is 12.1 Å². The number of nitrogens with zero attached hydrogens (tertiary/aromatic N) is 1. The number of hydrogen-bond donors (Lipinski definition) is 1. The maximum absolute atomic E-state index is 12.1. The first kappa shape index (κ1) is 17.7. The molecule has 128 valence electrons. The van der Waals surface area contributed by atoms with Crippen molar-refractivity contribution < 1.29 is 9.53 Å². The van der Waals surface area contributed by atoms with Gasteiger partial charge in [0.05, 0.1) is 0 Å². The van der Waals surface area contributed by atoms with Gasteiger partial charge in [0.25, 0.3) is 0 Å². The molecule has 24 heavy (non-hydrogen) atoms. The van der Waals surface area contributed by atoms with E-state index in [2.05, 4.69) is 10.3 Å². The Morgan fingerprint density at radius 3 is 2.88 bits per heavy atom. The lowest BCUT2D eigenvalue weighted by atomic mass is 9.96. The Balaban J connectivity index is 1.55. The third-order valence-electron chi connectivity index (χ3n) is 3.99. The molecule has 1 aliphatic heterocycles. The molecular weight excluding hydrogens is 367 g/mol.